The Bertz CT molecular complexity index is 414. The minimum Gasteiger partial charge on any atom is -0.508 e. The summed E-state index contributed by atoms with van der Waals surface area (Å²) in [6.07, 6.45) is 2.66. The molecule has 4 nitrogen and oxygen atoms in total. The zero-order valence-electron chi connectivity index (χ0n) is 10.5. The first kappa shape index (κ1) is 12.9. The number of nitrogens with one attached hydrogen (secondary N) is 1. The number of hydrogen-bond donors (Lipinski definition) is 3. The van der Waals surface area contributed by atoms with E-state index in [4.69, 9.17) is 0 Å². The molecule has 0 aliphatic carbocycles. The Morgan fingerprint density at radius 3 is 2.67 bits per heavy atom. The molecule has 2 rings (SSSR count). The van der Waals surface area contributed by atoms with Crippen LogP contribution in [0.4, 0.5) is 0 Å². The molecule has 0 bridgehead atoms. The maximum Gasteiger partial charge on any atom is 0.124 e. The molecule has 1 fully saturated rings. The molecule has 0 radical (unpaired) electrons. The van der Waals surface area contributed by atoms with Gasteiger partial charge in [0.05, 0.1) is 0 Å². The number of phenols is 2. The minimum atomic E-state index is 0.0916. The zero-order chi connectivity index (χ0) is 13.0. The largest absolute Gasteiger partial charge is 0.508 e. The molecule has 0 aromatic heterocycles. The summed E-state index contributed by atoms with van der Waals surface area (Å²) >= 11 is 0. The highest BCUT2D eigenvalue weighted by molar-refractivity contribution is 5.41. The van der Waals surface area contributed by atoms with Crippen LogP contribution in [0.2, 0.25) is 0 Å². The monoisotopic (exact) mass is 248 g/mol. The number of rotatable bonds is 4. The second-order valence-electron chi connectivity index (χ2n) is 4.57. The lowest BCUT2D eigenvalue weighted by Gasteiger charge is -2.35. The van der Waals surface area contributed by atoms with E-state index in [2.05, 4.69) is 16.8 Å². The van der Waals surface area contributed by atoms with Crippen LogP contribution in [0.25, 0.3) is 0 Å². The fourth-order valence-electron chi connectivity index (χ4n) is 2.44. The standard InChI is InChI=1S/C14H20N2O2/c1-2-3-13(16-8-6-15-7-9-16)12-5-4-11(17)10-14(12)18/h2,4-5,10,13,15,17-18H,1,3,6-9H2/t13-/m1/s1. The van der Waals surface area contributed by atoms with Gasteiger partial charge >= 0.3 is 0 Å². The van der Waals surface area contributed by atoms with Crippen molar-refractivity contribution in [1.29, 1.82) is 0 Å². The quantitative estimate of drug-likeness (QED) is 0.709. The maximum atomic E-state index is 9.98. The molecule has 1 saturated heterocycles. The summed E-state index contributed by atoms with van der Waals surface area (Å²) in [5, 5.41) is 22.7. The lowest BCUT2D eigenvalue weighted by molar-refractivity contribution is 0.172. The highest BCUT2D eigenvalue weighted by Crippen LogP contribution is 2.33. The number of phenolic OH excluding ortho intramolecular Hbond substituents is 2. The number of piperazine rings is 1. The van der Waals surface area contributed by atoms with E-state index in [9.17, 15) is 10.2 Å². The van der Waals surface area contributed by atoms with E-state index in [1.165, 1.54) is 6.07 Å². The van der Waals surface area contributed by atoms with Crippen LogP contribution >= 0.6 is 0 Å². The van der Waals surface area contributed by atoms with Gasteiger partial charge in [-0.05, 0) is 12.5 Å². The van der Waals surface area contributed by atoms with Crippen LogP contribution in [-0.4, -0.2) is 41.3 Å². The minimum absolute atomic E-state index is 0.0916. The van der Waals surface area contributed by atoms with Gasteiger partial charge in [-0.1, -0.05) is 12.1 Å². The topological polar surface area (TPSA) is 55.7 Å². The molecule has 1 aliphatic heterocycles. The van der Waals surface area contributed by atoms with Gasteiger partial charge in [0.15, 0.2) is 0 Å². The Labute approximate surface area is 108 Å². The molecular formula is C14H20N2O2. The molecule has 1 aliphatic rings. The number of benzene rings is 1. The maximum absolute atomic E-state index is 9.98. The van der Waals surface area contributed by atoms with E-state index < -0.39 is 0 Å². The van der Waals surface area contributed by atoms with E-state index in [1.54, 1.807) is 12.1 Å². The number of hydrogen-bond acceptors (Lipinski definition) is 4. The summed E-state index contributed by atoms with van der Waals surface area (Å²) in [4.78, 5) is 2.34. The molecule has 1 aromatic carbocycles. The first-order valence-corrected chi connectivity index (χ1v) is 6.30. The second kappa shape index (κ2) is 5.89. The number of nitrogens with zero attached hydrogens (tertiary/aromatic N) is 1. The fraction of sp³-hybridized carbons (Fsp3) is 0.429. The third-order valence-electron chi connectivity index (χ3n) is 3.36. The number of aromatic hydroxyl groups is 2. The molecule has 0 amide bonds. The molecule has 1 heterocycles. The average molecular weight is 248 g/mol. The van der Waals surface area contributed by atoms with E-state index >= 15 is 0 Å². The third kappa shape index (κ3) is 2.83. The van der Waals surface area contributed by atoms with Crippen LogP contribution in [0.5, 0.6) is 11.5 Å². The molecule has 4 heteroatoms. The van der Waals surface area contributed by atoms with Crippen LogP contribution in [0.1, 0.15) is 18.0 Å². The normalized spacial score (nSPS) is 18.4. The molecule has 0 saturated carbocycles. The Balaban J connectivity index is 2.24. The second-order valence-corrected chi connectivity index (χ2v) is 4.57. The van der Waals surface area contributed by atoms with Crippen molar-refractivity contribution in [2.24, 2.45) is 0 Å². The van der Waals surface area contributed by atoms with Gasteiger partial charge in [0.1, 0.15) is 11.5 Å². The van der Waals surface area contributed by atoms with Crippen molar-refractivity contribution in [3.05, 3.63) is 36.4 Å². The predicted molar refractivity (Wildman–Crippen MR) is 71.8 cm³/mol. The van der Waals surface area contributed by atoms with E-state index in [-0.39, 0.29) is 17.5 Å². The fourth-order valence-corrected chi connectivity index (χ4v) is 2.44. The SMILES string of the molecule is C=CC[C@H](c1ccc(O)cc1O)N1CCNCC1. The van der Waals surface area contributed by atoms with Crippen LogP contribution in [0.15, 0.2) is 30.9 Å². The van der Waals surface area contributed by atoms with Gasteiger partial charge in [0, 0.05) is 43.9 Å². The van der Waals surface area contributed by atoms with Crippen molar-refractivity contribution in [1.82, 2.24) is 10.2 Å². The predicted octanol–water partition coefficient (Wildman–Crippen LogP) is 1.62. The summed E-state index contributed by atoms with van der Waals surface area (Å²) in [7, 11) is 0. The lowest BCUT2D eigenvalue weighted by Crippen LogP contribution is -2.45. The van der Waals surface area contributed by atoms with E-state index in [0.717, 1.165) is 38.2 Å². The van der Waals surface area contributed by atoms with Gasteiger partial charge in [-0.15, -0.1) is 6.58 Å². The lowest BCUT2D eigenvalue weighted by atomic mass is 10.00. The molecule has 3 N–H and O–H groups in total. The Morgan fingerprint density at radius 1 is 1.33 bits per heavy atom. The molecule has 0 spiro atoms. The van der Waals surface area contributed by atoms with Crippen molar-refractivity contribution in [3.8, 4) is 11.5 Å². The van der Waals surface area contributed by atoms with Crippen molar-refractivity contribution in [3.63, 3.8) is 0 Å². The molecule has 0 unspecified atom stereocenters. The zero-order valence-corrected chi connectivity index (χ0v) is 10.5. The van der Waals surface area contributed by atoms with Gasteiger partial charge in [0.2, 0.25) is 0 Å². The Kier molecular flexibility index (Phi) is 4.23. The smallest absolute Gasteiger partial charge is 0.124 e. The highest BCUT2D eigenvalue weighted by Gasteiger charge is 2.23. The highest BCUT2D eigenvalue weighted by atomic mass is 16.3. The van der Waals surface area contributed by atoms with Crippen LogP contribution < -0.4 is 5.32 Å². The molecule has 1 aromatic rings. The van der Waals surface area contributed by atoms with Crippen molar-refractivity contribution in [2.75, 3.05) is 26.2 Å². The van der Waals surface area contributed by atoms with Gasteiger partial charge in [0.25, 0.3) is 0 Å². The summed E-state index contributed by atoms with van der Waals surface area (Å²) in [6.45, 7) is 7.64. The van der Waals surface area contributed by atoms with Gasteiger partial charge in [-0.3, -0.25) is 4.90 Å². The summed E-state index contributed by atoms with van der Waals surface area (Å²) in [6, 6.07) is 4.94. The van der Waals surface area contributed by atoms with Gasteiger partial charge in [-0.25, -0.2) is 0 Å². The van der Waals surface area contributed by atoms with Crippen molar-refractivity contribution in [2.45, 2.75) is 12.5 Å². The van der Waals surface area contributed by atoms with Crippen LogP contribution in [0.3, 0.4) is 0 Å². The van der Waals surface area contributed by atoms with Crippen LogP contribution in [0, 0.1) is 0 Å². The molecule has 18 heavy (non-hydrogen) atoms. The summed E-state index contributed by atoms with van der Waals surface area (Å²) < 4.78 is 0. The third-order valence-corrected chi connectivity index (χ3v) is 3.36. The van der Waals surface area contributed by atoms with Crippen LogP contribution in [-0.2, 0) is 0 Å². The molecule has 98 valence electrons. The van der Waals surface area contributed by atoms with Gasteiger partial charge in [-0.2, -0.15) is 0 Å². The van der Waals surface area contributed by atoms with Gasteiger partial charge < -0.3 is 15.5 Å². The van der Waals surface area contributed by atoms with E-state index in [1.807, 2.05) is 6.08 Å². The summed E-state index contributed by atoms with van der Waals surface area (Å²) in [5.41, 5.74) is 0.856. The van der Waals surface area contributed by atoms with Crippen molar-refractivity contribution >= 4 is 0 Å². The van der Waals surface area contributed by atoms with Crippen molar-refractivity contribution < 1.29 is 10.2 Å². The summed E-state index contributed by atoms with van der Waals surface area (Å²) in [5.74, 6) is 0.245. The molecule has 1 atom stereocenters. The average Bonchev–Trinajstić information content (AvgIpc) is 2.38. The first-order valence-electron chi connectivity index (χ1n) is 6.30. The van der Waals surface area contributed by atoms with E-state index in [0.29, 0.717) is 0 Å². The first-order chi connectivity index (χ1) is 8.72. The Morgan fingerprint density at radius 2 is 2.06 bits per heavy atom. The molecular weight excluding hydrogens is 228 g/mol. The Hall–Kier alpha value is -1.52.